The van der Waals surface area contributed by atoms with E-state index < -0.39 is 0 Å². The first kappa shape index (κ1) is 10.6. The van der Waals surface area contributed by atoms with Crippen molar-refractivity contribution in [2.45, 2.75) is 13.3 Å². The highest BCUT2D eigenvalue weighted by molar-refractivity contribution is 5.73. The Bertz CT molecular complexity index is 531. The molecule has 0 fully saturated rings. The second-order valence-electron chi connectivity index (χ2n) is 3.54. The minimum atomic E-state index is 0.0483. The van der Waals surface area contributed by atoms with Crippen molar-refractivity contribution in [3.05, 3.63) is 23.7 Å². The predicted molar refractivity (Wildman–Crippen MR) is 60.6 cm³/mol. The molecular weight excluding hydrogens is 206 g/mol. The normalized spacial score (nSPS) is 12.2. The molecule has 0 amide bonds. The number of hydrogen-bond donors (Lipinski definition) is 3. The number of nitrogens with one attached hydrogen (secondary N) is 1. The number of nitrogens with two attached hydrogens (primary N) is 1. The highest BCUT2D eigenvalue weighted by Crippen LogP contribution is 2.13. The van der Waals surface area contributed by atoms with E-state index in [1.807, 2.05) is 13.0 Å². The van der Waals surface area contributed by atoms with Gasteiger partial charge in [0.2, 0.25) is 5.95 Å². The average Bonchev–Trinajstić information content (AvgIpc) is 2.73. The standard InChI is InChI=1S/C10H13N5O/c1-6(4-16)2-3-7-8-9(13-5-12-8)15-10(11)14-7/h2,5,16H,3-4H2,1H3,(H3,11,12,13,14,15). The maximum absolute atomic E-state index is 8.89. The zero-order valence-electron chi connectivity index (χ0n) is 8.94. The number of aromatic nitrogens is 4. The molecule has 0 unspecified atom stereocenters. The van der Waals surface area contributed by atoms with Crippen LogP contribution in [0.4, 0.5) is 5.95 Å². The lowest BCUT2D eigenvalue weighted by Crippen LogP contribution is -2.00. The molecule has 0 aliphatic heterocycles. The van der Waals surface area contributed by atoms with Crippen LogP contribution in [-0.4, -0.2) is 31.6 Å². The van der Waals surface area contributed by atoms with E-state index in [1.54, 1.807) is 6.33 Å². The van der Waals surface area contributed by atoms with E-state index in [0.717, 1.165) is 16.8 Å². The van der Waals surface area contributed by atoms with Crippen LogP contribution >= 0.6 is 0 Å². The molecule has 2 aromatic rings. The minimum Gasteiger partial charge on any atom is -0.392 e. The Morgan fingerprint density at radius 2 is 2.38 bits per heavy atom. The summed E-state index contributed by atoms with van der Waals surface area (Å²) in [6, 6.07) is 0. The molecule has 2 heterocycles. The predicted octanol–water partition coefficient (Wildman–Crippen LogP) is 0.416. The number of anilines is 1. The molecule has 0 aliphatic rings. The molecule has 0 saturated heterocycles. The molecule has 6 nitrogen and oxygen atoms in total. The van der Waals surface area contributed by atoms with Crippen LogP contribution in [0, 0.1) is 0 Å². The van der Waals surface area contributed by atoms with Crippen molar-refractivity contribution < 1.29 is 5.11 Å². The van der Waals surface area contributed by atoms with Gasteiger partial charge in [0.1, 0.15) is 5.52 Å². The fraction of sp³-hybridized carbons (Fsp3) is 0.300. The maximum Gasteiger partial charge on any atom is 0.222 e. The largest absolute Gasteiger partial charge is 0.392 e. The van der Waals surface area contributed by atoms with Crippen molar-refractivity contribution in [1.82, 2.24) is 19.9 Å². The first-order valence-electron chi connectivity index (χ1n) is 4.92. The number of nitrogen functional groups attached to an aromatic ring is 1. The number of rotatable bonds is 3. The van der Waals surface area contributed by atoms with Crippen LogP contribution in [0.5, 0.6) is 0 Å². The molecule has 0 bridgehead atoms. The van der Waals surface area contributed by atoms with E-state index >= 15 is 0 Å². The Morgan fingerprint density at radius 1 is 1.56 bits per heavy atom. The quantitative estimate of drug-likeness (QED) is 0.649. The fourth-order valence-corrected chi connectivity index (χ4v) is 1.40. The SMILES string of the molecule is CC(=CCc1nc(N)nc2nc[nH]c12)CO. The molecule has 0 spiro atoms. The summed E-state index contributed by atoms with van der Waals surface area (Å²) in [5.74, 6) is 0.213. The van der Waals surface area contributed by atoms with Gasteiger partial charge in [-0.3, -0.25) is 0 Å². The molecule has 0 atom stereocenters. The van der Waals surface area contributed by atoms with Gasteiger partial charge in [0.25, 0.3) is 0 Å². The third-order valence-electron chi connectivity index (χ3n) is 2.27. The molecule has 0 radical (unpaired) electrons. The van der Waals surface area contributed by atoms with Crippen molar-refractivity contribution >= 4 is 17.1 Å². The van der Waals surface area contributed by atoms with Gasteiger partial charge in [0, 0.05) is 6.42 Å². The zero-order chi connectivity index (χ0) is 11.5. The van der Waals surface area contributed by atoms with Crippen molar-refractivity contribution in [3.8, 4) is 0 Å². The van der Waals surface area contributed by atoms with Gasteiger partial charge in [0.15, 0.2) is 5.65 Å². The minimum absolute atomic E-state index is 0.0483. The number of nitrogens with zero attached hydrogens (tertiary/aromatic N) is 3. The van der Waals surface area contributed by atoms with Gasteiger partial charge in [0.05, 0.1) is 18.6 Å². The van der Waals surface area contributed by atoms with Crippen LogP contribution in [-0.2, 0) is 6.42 Å². The van der Waals surface area contributed by atoms with Crippen LogP contribution in [0.3, 0.4) is 0 Å². The van der Waals surface area contributed by atoms with Crippen molar-refractivity contribution in [2.24, 2.45) is 0 Å². The Balaban J connectivity index is 2.39. The summed E-state index contributed by atoms with van der Waals surface area (Å²) >= 11 is 0. The smallest absolute Gasteiger partial charge is 0.222 e. The van der Waals surface area contributed by atoms with Crippen LogP contribution in [0.1, 0.15) is 12.6 Å². The number of hydrogen-bond acceptors (Lipinski definition) is 5. The number of aliphatic hydroxyl groups is 1. The lowest BCUT2D eigenvalue weighted by atomic mass is 10.2. The molecule has 4 N–H and O–H groups in total. The summed E-state index contributed by atoms with van der Waals surface area (Å²) < 4.78 is 0. The Labute approximate surface area is 92.3 Å². The summed E-state index contributed by atoms with van der Waals surface area (Å²) in [6.07, 6.45) is 4.06. The second kappa shape index (κ2) is 4.28. The van der Waals surface area contributed by atoms with Gasteiger partial charge >= 0.3 is 0 Å². The Morgan fingerprint density at radius 3 is 3.12 bits per heavy atom. The lowest BCUT2D eigenvalue weighted by molar-refractivity contribution is 0.331. The number of aliphatic hydroxyl groups excluding tert-OH is 1. The van der Waals surface area contributed by atoms with Gasteiger partial charge < -0.3 is 15.8 Å². The molecule has 0 aliphatic carbocycles. The molecule has 84 valence electrons. The van der Waals surface area contributed by atoms with Crippen molar-refractivity contribution in [2.75, 3.05) is 12.3 Å². The van der Waals surface area contributed by atoms with Gasteiger partial charge in [-0.25, -0.2) is 9.97 Å². The third kappa shape index (κ3) is 2.01. The zero-order valence-corrected chi connectivity index (χ0v) is 8.94. The highest BCUT2D eigenvalue weighted by atomic mass is 16.3. The summed E-state index contributed by atoms with van der Waals surface area (Å²) in [6.45, 7) is 1.90. The molecule has 0 aromatic carbocycles. The number of imidazole rings is 1. The molecule has 0 saturated carbocycles. The van der Waals surface area contributed by atoms with Crippen LogP contribution in [0.15, 0.2) is 18.0 Å². The summed E-state index contributed by atoms with van der Waals surface area (Å²) in [7, 11) is 0. The average molecular weight is 219 g/mol. The number of allylic oxidation sites excluding steroid dienone is 1. The molecular formula is C10H13N5O. The van der Waals surface area contributed by atoms with E-state index in [2.05, 4.69) is 19.9 Å². The van der Waals surface area contributed by atoms with Gasteiger partial charge in [-0.1, -0.05) is 11.6 Å². The number of fused-ring (bicyclic) bond motifs is 1. The van der Waals surface area contributed by atoms with E-state index in [1.165, 1.54) is 0 Å². The monoisotopic (exact) mass is 219 g/mol. The van der Waals surface area contributed by atoms with E-state index in [-0.39, 0.29) is 12.6 Å². The summed E-state index contributed by atoms with van der Waals surface area (Å²) in [5, 5.41) is 8.89. The second-order valence-corrected chi connectivity index (χ2v) is 3.54. The van der Waals surface area contributed by atoms with Crippen LogP contribution in [0.25, 0.3) is 11.2 Å². The topological polar surface area (TPSA) is 101 Å². The lowest BCUT2D eigenvalue weighted by Gasteiger charge is -2.00. The van der Waals surface area contributed by atoms with E-state index in [0.29, 0.717) is 12.1 Å². The Kier molecular flexibility index (Phi) is 2.82. The molecule has 2 aromatic heterocycles. The van der Waals surface area contributed by atoms with Gasteiger partial charge in [-0.15, -0.1) is 0 Å². The van der Waals surface area contributed by atoms with E-state index in [9.17, 15) is 0 Å². The third-order valence-corrected chi connectivity index (χ3v) is 2.27. The van der Waals surface area contributed by atoms with Crippen molar-refractivity contribution in [3.63, 3.8) is 0 Å². The number of H-pyrrole nitrogens is 1. The van der Waals surface area contributed by atoms with Crippen molar-refractivity contribution in [1.29, 1.82) is 0 Å². The first-order chi connectivity index (χ1) is 7.70. The van der Waals surface area contributed by atoms with E-state index in [4.69, 9.17) is 10.8 Å². The molecule has 2 rings (SSSR count). The highest BCUT2D eigenvalue weighted by Gasteiger charge is 2.06. The fourth-order valence-electron chi connectivity index (χ4n) is 1.40. The maximum atomic E-state index is 8.89. The van der Waals surface area contributed by atoms with Crippen LogP contribution < -0.4 is 5.73 Å². The van der Waals surface area contributed by atoms with Gasteiger partial charge in [-0.05, 0) is 6.92 Å². The molecule has 16 heavy (non-hydrogen) atoms. The van der Waals surface area contributed by atoms with Gasteiger partial charge in [-0.2, -0.15) is 4.98 Å². The summed E-state index contributed by atoms with van der Waals surface area (Å²) in [4.78, 5) is 15.2. The van der Waals surface area contributed by atoms with Crippen LogP contribution in [0.2, 0.25) is 0 Å². The Hall–Kier alpha value is -1.95. The molecule has 6 heteroatoms. The first-order valence-corrected chi connectivity index (χ1v) is 4.92. The number of aromatic amines is 1. The summed E-state index contributed by atoms with van der Waals surface area (Å²) in [5.41, 5.74) is 8.61.